The van der Waals surface area contributed by atoms with Crippen LogP contribution >= 0.6 is 0 Å². The molecule has 0 aliphatic rings. The van der Waals surface area contributed by atoms with Gasteiger partial charge in [0.25, 0.3) is 0 Å². The topological polar surface area (TPSA) is 77.3 Å². The third kappa shape index (κ3) is 8.53. The van der Waals surface area contributed by atoms with Crippen molar-refractivity contribution < 1.29 is 0 Å². The largest absolute Gasteiger partial charge is 0.265 e. The van der Waals surface area contributed by atoms with Crippen LogP contribution in [0.2, 0.25) is 0 Å². The van der Waals surface area contributed by atoms with Gasteiger partial charge < -0.3 is 0 Å². The van der Waals surface area contributed by atoms with Crippen molar-refractivity contribution in [3.8, 4) is 112 Å². The van der Waals surface area contributed by atoms with E-state index in [-0.39, 0.29) is 0 Å². The lowest BCUT2D eigenvalue weighted by atomic mass is 9.92. The number of hydrogen-bond donors (Lipinski definition) is 0. The average Bonchev–Trinajstić information content (AvgIpc) is 3.45. The quantitative estimate of drug-likeness (QED) is 0.136. The van der Waals surface area contributed by atoms with Gasteiger partial charge >= 0.3 is 0 Å². The van der Waals surface area contributed by atoms with E-state index >= 15 is 0 Å². The molecular formula is C64H42N6. The number of fused-ring (bicyclic) bond motifs is 1. The van der Waals surface area contributed by atoms with Gasteiger partial charge in [-0.2, -0.15) is 0 Å². The Morgan fingerprint density at radius 2 is 0.486 bits per heavy atom. The molecule has 0 bridgehead atoms. The second-order valence-corrected chi connectivity index (χ2v) is 17.1. The number of aromatic nitrogens is 6. The number of benzene rings is 8. The zero-order valence-corrected chi connectivity index (χ0v) is 37.9. The van der Waals surface area contributed by atoms with Gasteiger partial charge in [-0.15, -0.1) is 0 Å². The molecule has 6 nitrogen and oxygen atoms in total. The predicted octanol–water partition coefficient (Wildman–Crippen LogP) is 15.9. The summed E-state index contributed by atoms with van der Waals surface area (Å²) in [5, 5.41) is 2.34. The fraction of sp³-hybridized carbons (Fsp3) is 0. The maximum atomic E-state index is 5.14. The van der Waals surface area contributed by atoms with Crippen LogP contribution in [-0.2, 0) is 0 Å². The number of rotatable bonds is 10. The second-order valence-electron chi connectivity index (χ2n) is 17.1. The fourth-order valence-electron chi connectivity index (χ4n) is 9.13. The van der Waals surface area contributed by atoms with E-state index in [1.807, 2.05) is 36.4 Å². The fourth-order valence-corrected chi connectivity index (χ4v) is 9.13. The minimum absolute atomic E-state index is 0.662. The molecule has 0 amide bonds. The highest BCUT2D eigenvalue weighted by molar-refractivity contribution is 6.04. The van der Waals surface area contributed by atoms with Crippen molar-refractivity contribution in [1.29, 1.82) is 0 Å². The Morgan fingerprint density at radius 3 is 0.843 bits per heavy atom. The van der Waals surface area contributed by atoms with Gasteiger partial charge in [-0.25, -0.2) is 19.9 Å². The summed E-state index contributed by atoms with van der Waals surface area (Å²) in [6, 6.07) is 80.4. The summed E-state index contributed by atoms with van der Waals surface area (Å²) in [7, 11) is 0. The molecule has 0 radical (unpaired) electrons. The molecule has 0 aliphatic carbocycles. The summed E-state index contributed by atoms with van der Waals surface area (Å²) in [4.78, 5) is 28.9. The maximum Gasteiger partial charge on any atom is 0.160 e. The summed E-state index contributed by atoms with van der Waals surface area (Å²) < 4.78 is 0. The minimum atomic E-state index is 0.662. The van der Waals surface area contributed by atoms with Crippen LogP contribution in [0.4, 0.5) is 0 Å². The molecule has 4 aromatic heterocycles. The van der Waals surface area contributed by atoms with Gasteiger partial charge in [-0.3, -0.25) is 9.97 Å². The summed E-state index contributed by atoms with van der Waals surface area (Å²) in [6.45, 7) is 0. The molecule has 328 valence electrons. The molecule has 4 heterocycles. The third-order valence-corrected chi connectivity index (χ3v) is 12.8. The van der Waals surface area contributed by atoms with Crippen LogP contribution in [0, 0.1) is 0 Å². The molecule has 12 aromatic rings. The van der Waals surface area contributed by atoms with Crippen LogP contribution in [0.1, 0.15) is 0 Å². The van der Waals surface area contributed by atoms with Gasteiger partial charge in [0, 0.05) is 58.2 Å². The Bertz CT molecular complexity index is 3500. The molecule has 12 rings (SSSR count). The number of pyridine rings is 2. The van der Waals surface area contributed by atoms with Gasteiger partial charge in [-0.05, 0) is 91.7 Å². The van der Waals surface area contributed by atoms with Gasteiger partial charge in [0.1, 0.15) is 0 Å². The van der Waals surface area contributed by atoms with Crippen molar-refractivity contribution in [3.05, 3.63) is 255 Å². The first-order chi connectivity index (χ1) is 34.7. The Hall–Kier alpha value is -9.52. The first-order valence-electron chi connectivity index (χ1n) is 23.3. The van der Waals surface area contributed by atoms with E-state index in [4.69, 9.17) is 19.9 Å². The van der Waals surface area contributed by atoms with E-state index in [0.29, 0.717) is 11.6 Å². The van der Waals surface area contributed by atoms with Gasteiger partial charge in [-0.1, -0.05) is 194 Å². The first kappa shape index (κ1) is 41.9. The number of hydrogen-bond acceptors (Lipinski definition) is 6. The molecule has 0 fully saturated rings. The first-order valence-corrected chi connectivity index (χ1v) is 23.3. The monoisotopic (exact) mass is 894 g/mol. The molecule has 8 aromatic carbocycles. The Morgan fingerprint density at radius 1 is 0.200 bits per heavy atom. The van der Waals surface area contributed by atoms with Crippen molar-refractivity contribution in [1.82, 2.24) is 29.9 Å². The van der Waals surface area contributed by atoms with Gasteiger partial charge in [0.15, 0.2) is 11.6 Å². The zero-order chi connectivity index (χ0) is 46.6. The molecule has 70 heavy (non-hydrogen) atoms. The lowest BCUT2D eigenvalue weighted by Crippen LogP contribution is -1.96. The molecule has 0 unspecified atom stereocenters. The SMILES string of the molecule is c1ccc(-c2ccc(-c3cc(-c4ccncc4)nc(-c4ccc(-c5cccc6c(-c7ccc(-c8nc(-c9ccncc9)cc(-c9ccc(-c%10ccccc%10)cc9)n8)cc7)cccc56)cc4)n3)cc2)cc1. The van der Waals surface area contributed by atoms with Crippen LogP contribution in [-0.4, -0.2) is 29.9 Å². The van der Waals surface area contributed by atoms with E-state index in [1.165, 1.54) is 21.9 Å². The average molecular weight is 895 g/mol. The summed E-state index contributed by atoms with van der Waals surface area (Å²) in [6.07, 6.45) is 7.19. The van der Waals surface area contributed by atoms with Crippen LogP contribution in [0.15, 0.2) is 255 Å². The van der Waals surface area contributed by atoms with E-state index in [0.717, 1.165) is 89.5 Å². The standard InChI is InChI=1S/C64H42N6/c1-3-9-43(10-4-1)45-17-25-49(26-18-45)59-41-61(51-33-37-65-38-34-51)69-63(67-59)53-29-21-47(22-30-53)55-13-7-16-58-56(14-8-15-57(55)58)48-23-31-54(32-24-48)64-68-60(42-62(70-64)52-35-39-66-40-36-52)50-27-19-46(20-28-50)44-11-5-2-6-12-44/h1-42H. The smallest absolute Gasteiger partial charge is 0.160 e. The van der Waals surface area contributed by atoms with Crippen molar-refractivity contribution in [2.24, 2.45) is 0 Å². The third-order valence-electron chi connectivity index (χ3n) is 12.8. The maximum absolute atomic E-state index is 5.14. The van der Waals surface area contributed by atoms with Crippen molar-refractivity contribution in [2.75, 3.05) is 0 Å². The van der Waals surface area contributed by atoms with Crippen LogP contribution in [0.3, 0.4) is 0 Å². The molecule has 0 saturated heterocycles. The highest BCUT2D eigenvalue weighted by atomic mass is 14.9. The zero-order valence-electron chi connectivity index (χ0n) is 37.9. The molecule has 0 aliphatic heterocycles. The second kappa shape index (κ2) is 18.6. The molecule has 0 spiro atoms. The molecule has 6 heteroatoms. The van der Waals surface area contributed by atoms with E-state index < -0.39 is 0 Å². The summed E-state index contributed by atoms with van der Waals surface area (Å²) in [5.41, 5.74) is 18.5. The normalized spacial score (nSPS) is 11.1. The highest BCUT2D eigenvalue weighted by Gasteiger charge is 2.15. The van der Waals surface area contributed by atoms with Crippen LogP contribution in [0.5, 0.6) is 0 Å². The van der Waals surface area contributed by atoms with E-state index in [1.54, 1.807) is 24.8 Å². The number of nitrogens with zero attached hydrogens (tertiary/aromatic N) is 6. The van der Waals surface area contributed by atoms with Crippen LogP contribution in [0.25, 0.3) is 123 Å². The van der Waals surface area contributed by atoms with E-state index in [2.05, 4.69) is 204 Å². The molecule has 0 atom stereocenters. The molecule has 0 N–H and O–H groups in total. The van der Waals surface area contributed by atoms with Gasteiger partial charge in [0.05, 0.1) is 22.8 Å². The molecule has 0 saturated carbocycles. The van der Waals surface area contributed by atoms with Crippen molar-refractivity contribution >= 4 is 10.8 Å². The van der Waals surface area contributed by atoms with Crippen molar-refractivity contribution in [2.45, 2.75) is 0 Å². The minimum Gasteiger partial charge on any atom is -0.265 e. The predicted molar refractivity (Wildman–Crippen MR) is 285 cm³/mol. The lowest BCUT2D eigenvalue weighted by Gasteiger charge is -2.13. The summed E-state index contributed by atoms with van der Waals surface area (Å²) in [5.74, 6) is 1.32. The van der Waals surface area contributed by atoms with Crippen LogP contribution < -0.4 is 0 Å². The molecular weight excluding hydrogens is 853 g/mol. The van der Waals surface area contributed by atoms with Crippen molar-refractivity contribution in [3.63, 3.8) is 0 Å². The van der Waals surface area contributed by atoms with Gasteiger partial charge in [0.2, 0.25) is 0 Å². The Labute approximate surface area is 406 Å². The highest BCUT2D eigenvalue weighted by Crippen LogP contribution is 2.37. The lowest BCUT2D eigenvalue weighted by molar-refractivity contribution is 1.18. The van der Waals surface area contributed by atoms with E-state index in [9.17, 15) is 0 Å². The Balaban J connectivity index is 0.850. The summed E-state index contributed by atoms with van der Waals surface area (Å²) >= 11 is 0. The Kier molecular flexibility index (Phi) is 11.1.